The lowest BCUT2D eigenvalue weighted by atomic mass is 10.1. The molecule has 0 rings (SSSR count). The van der Waals surface area contributed by atoms with Crippen LogP contribution < -0.4 is 5.32 Å². The maximum atomic E-state index is 10.6. The second-order valence-corrected chi connectivity index (χ2v) is 4.58. The maximum Gasteiger partial charge on any atom is 0.322 e. The van der Waals surface area contributed by atoms with Gasteiger partial charge < -0.3 is 20.1 Å². The molecule has 0 saturated heterocycles. The molecule has 5 nitrogen and oxygen atoms in total. The number of carboxylic acid groups (broad SMARTS) is 1. The molecule has 0 spiro atoms. The number of nitrogens with one attached hydrogen (secondary N) is 1. The quantitative estimate of drug-likeness (QED) is 0.465. The highest BCUT2D eigenvalue weighted by Crippen LogP contribution is 2.06. The van der Waals surface area contributed by atoms with Crippen molar-refractivity contribution in [2.24, 2.45) is 0 Å². The van der Waals surface area contributed by atoms with E-state index < -0.39 is 5.97 Å². The number of hydrogen-bond donors (Lipinski definition) is 2. The van der Waals surface area contributed by atoms with Gasteiger partial charge in [0.2, 0.25) is 0 Å². The van der Waals surface area contributed by atoms with Crippen LogP contribution in [0.3, 0.4) is 0 Å². The van der Waals surface area contributed by atoms with Crippen molar-refractivity contribution >= 4 is 5.97 Å². The van der Waals surface area contributed by atoms with Gasteiger partial charge in [0, 0.05) is 12.2 Å². The van der Waals surface area contributed by atoms with Crippen LogP contribution in [0.1, 0.15) is 20.3 Å². The number of allylic oxidation sites excluding steroid dienone is 2. The Bertz CT molecular complexity index is 323. The predicted molar refractivity (Wildman–Crippen MR) is 77.1 cm³/mol. The molecule has 0 radical (unpaired) electrons. The Kier molecular flexibility index (Phi) is 9.84. The summed E-state index contributed by atoms with van der Waals surface area (Å²) >= 11 is 0. The first-order valence-electron chi connectivity index (χ1n) is 6.51. The van der Waals surface area contributed by atoms with Gasteiger partial charge in [-0.3, -0.25) is 4.79 Å². The number of hydrogen-bond acceptors (Lipinski definition) is 4. The zero-order valence-electron chi connectivity index (χ0n) is 12.4. The first kappa shape index (κ1) is 17.7. The van der Waals surface area contributed by atoms with Gasteiger partial charge in [0.1, 0.15) is 6.54 Å². The van der Waals surface area contributed by atoms with Crippen LogP contribution in [0.4, 0.5) is 0 Å². The molecule has 2 N–H and O–H groups in total. The van der Waals surface area contributed by atoms with Crippen LogP contribution in [-0.2, 0) is 9.53 Å². The van der Waals surface area contributed by atoms with E-state index in [1.54, 1.807) is 0 Å². The van der Waals surface area contributed by atoms with Crippen LogP contribution in [0.25, 0.3) is 0 Å². The second kappa shape index (κ2) is 10.6. The molecule has 0 unspecified atom stereocenters. The molecule has 0 saturated carbocycles. The van der Waals surface area contributed by atoms with E-state index in [0.29, 0.717) is 13.2 Å². The number of ether oxygens (including phenoxy) is 1. The Labute approximate surface area is 115 Å². The summed E-state index contributed by atoms with van der Waals surface area (Å²) in [6.45, 7) is 6.07. The minimum atomic E-state index is -0.864. The predicted octanol–water partition coefficient (Wildman–Crippen LogP) is 1.48. The molecule has 0 heterocycles. The van der Waals surface area contributed by atoms with Crippen LogP contribution in [0, 0.1) is 0 Å². The number of nitrogens with zero attached hydrogens (tertiary/aromatic N) is 1. The van der Waals surface area contributed by atoms with Gasteiger partial charge in [0.15, 0.2) is 0 Å². The molecule has 0 aromatic heterocycles. The normalized spacial score (nSPS) is 12.9. The Balaban J connectivity index is 4.15. The van der Waals surface area contributed by atoms with Crippen LogP contribution in [0.15, 0.2) is 23.4 Å². The van der Waals surface area contributed by atoms with Crippen LogP contribution >= 0.6 is 0 Å². The van der Waals surface area contributed by atoms with E-state index in [-0.39, 0.29) is 6.54 Å². The highest BCUT2D eigenvalue weighted by atomic mass is 16.5. The zero-order chi connectivity index (χ0) is 14.7. The summed E-state index contributed by atoms with van der Waals surface area (Å²) in [5, 5.41) is 11.6. The largest absolute Gasteiger partial charge is 0.480 e. The fraction of sp³-hybridized carbons (Fsp3) is 0.643. The Hall–Kier alpha value is -1.33. The molecule has 110 valence electrons. The topological polar surface area (TPSA) is 61.8 Å². The fourth-order valence-electron chi connectivity index (χ4n) is 1.28. The molecule has 0 bridgehead atoms. The summed E-state index contributed by atoms with van der Waals surface area (Å²) in [5.41, 5.74) is 1.99. The Morgan fingerprint density at radius 3 is 2.63 bits per heavy atom. The third kappa shape index (κ3) is 10.3. The van der Waals surface area contributed by atoms with Crippen LogP contribution in [-0.4, -0.2) is 56.4 Å². The van der Waals surface area contributed by atoms with Crippen molar-refractivity contribution in [3.8, 4) is 0 Å². The number of carboxylic acids is 1. The van der Waals surface area contributed by atoms with Gasteiger partial charge in [-0.05, 0) is 33.5 Å². The average Bonchev–Trinajstić information content (AvgIpc) is 2.35. The summed E-state index contributed by atoms with van der Waals surface area (Å²) in [5.74, 6) is -0.864. The SMILES string of the molecule is CC/C(C)=C(\C=C/COCCN(C)C)NCC(=O)O. The third-order valence-electron chi connectivity index (χ3n) is 2.60. The summed E-state index contributed by atoms with van der Waals surface area (Å²) in [6.07, 6.45) is 4.67. The van der Waals surface area contributed by atoms with Crippen LogP contribution in [0.5, 0.6) is 0 Å². The highest BCUT2D eigenvalue weighted by Gasteiger charge is 2.00. The minimum Gasteiger partial charge on any atom is -0.480 e. The third-order valence-corrected chi connectivity index (χ3v) is 2.60. The van der Waals surface area contributed by atoms with Crippen molar-refractivity contribution < 1.29 is 14.6 Å². The van der Waals surface area contributed by atoms with Crippen molar-refractivity contribution in [1.29, 1.82) is 0 Å². The lowest BCUT2D eigenvalue weighted by Crippen LogP contribution is -2.22. The number of carbonyl (C=O) groups is 1. The molecule has 0 aromatic carbocycles. The van der Waals surface area contributed by atoms with E-state index >= 15 is 0 Å². The van der Waals surface area contributed by atoms with Gasteiger partial charge in [-0.2, -0.15) is 0 Å². The standard InChI is InChI=1S/C14H26N2O3/c1-5-12(2)13(15-11-14(17)18)7-6-9-19-10-8-16(3)4/h6-7,15H,5,8-11H2,1-4H3,(H,17,18)/b7-6-,13-12+. The van der Waals surface area contributed by atoms with Crippen molar-refractivity contribution in [2.75, 3.05) is 40.4 Å². The van der Waals surface area contributed by atoms with E-state index in [2.05, 4.69) is 10.2 Å². The molecule has 0 amide bonds. The summed E-state index contributed by atoms with van der Waals surface area (Å²) in [4.78, 5) is 12.6. The zero-order valence-corrected chi connectivity index (χ0v) is 12.4. The van der Waals surface area contributed by atoms with Crippen molar-refractivity contribution in [2.45, 2.75) is 20.3 Å². The highest BCUT2D eigenvalue weighted by molar-refractivity contribution is 5.69. The summed E-state index contributed by atoms with van der Waals surface area (Å²) < 4.78 is 5.44. The van der Waals surface area contributed by atoms with Crippen molar-refractivity contribution in [3.63, 3.8) is 0 Å². The molecule has 0 aliphatic rings. The average molecular weight is 270 g/mol. The monoisotopic (exact) mass is 270 g/mol. The number of aliphatic carboxylic acids is 1. The van der Waals surface area contributed by atoms with Gasteiger partial charge in [-0.1, -0.05) is 18.6 Å². The summed E-state index contributed by atoms with van der Waals surface area (Å²) in [6, 6.07) is 0. The maximum absolute atomic E-state index is 10.6. The molecular formula is C14H26N2O3. The fourth-order valence-corrected chi connectivity index (χ4v) is 1.28. The van der Waals surface area contributed by atoms with Crippen molar-refractivity contribution in [3.05, 3.63) is 23.4 Å². The van der Waals surface area contributed by atoms with Crippen LogP contribution in [0.2, 0.25) is 0 Å². The van der Waals surface area contributed by atoms with Gasteiger partial charge in [-0.15, -0.1) is 0 Å². The molecule has 0 aliphatic heterocycles. The second-order valence-electron chi connectivity index (χ2n) is 4.58. The summed E-state index contributed by atoms with van der Waals surface area (Å²) in [7, 11) is 4.00. The van der Waals surface area contributed by atoms with E-state index in [1.807, 2.05) is 40.1 Å². The molecular weight excluding hydrogens is 244 g/mol. The van der Waals surface area contributed by atoms with Gasteiger partial charge >= 0.3 is 5.97 Å². The molecule has 19 heavy (non-hydrogen) atoms. The lowest BCUT2D eigenvalue weighted by Gasteiger charge is -2.10. The first-order valence-corrected chi connectivity index (χ1v) is 6.51. The van der Waals surface area contributed by atoms with E-state index in [4.69, 9.17) is 9.84 Å². The van der Waals surface area contributed by atoms with Gasteiger partial charge in [-0.25, -0.2) is 0 Å². The number of rotatable bonds is 10. The van der Waals surface area contributed by atoms with Gasteiger partial charge in [0.05, 0.1) is 13.2 Å². The molecule has 0 aliphatic carbocycles. The van der Waals surface area contributed by atoms with Gasteiger partial charge in [0.25, 0.3) is 0 Å². The Morgan fingerprint density at radius 2 is 2.11 bits per heavy atom. The molecule has 0 atom stereocenters. The molecule has 5 heteroatoms. The lowest BCUT2D eigenvalue weighted by molar-refractivity contribution is -0.135. The van der Waals surface area contributed by atoms with E-state index in [0.717, 1.165) is 24.2 Å². The first-order chi connectivity index (χ1) is 8.97. The minimum absolute atomic E-state index is 0.0709. The van der Waals surface area contributed by atoms with E-state index in [9.17, 15) is 4.79 Å². The molecule has 0 fully saturated rings. The number of likely N-dealkylation sites (N-methyl/N-ethyl adjacent to an activating group) is 1. The smallest absolute Gasteiger partial charge is 0.322 e. The Morgan fingerprint density at radius 1 is 1.42 bits per heavy atom. The van der Waals surface area contributed by atoms with E-state index in [1.165, 1.54) is 0 Å². The molecule has 0 aromatic rings. The van der Waals surface area contributed by atoms with Crippen molar-refractivity contribution in [1.82, 2.24) is 10.2 Å².